The van der Waals surface area contributed by atoms with Crippen molar-refractivity contribution in [2.45, 2.75) is 51.2 Å². The summed E-state index contributed by atoms with van der Waals surface area (Å²) in [6.07, 6.45) is -1.08. The zero-order chi connectivity index (χ0) is 36.9. The van der Waals surface area contributed by atoms with Crippen molar-refractivity contribution in [3.8, 4) is 11.3 Å². The summed E-state index contributed by atoms with van der Waals surface area (Å²) in [7, 11) is 0. The second-order valence-electron chi connectivity index (χ2n) is 13.0. The van der Waals surface area contributed by atoms with Crippen LogP contribution in [-0.4, -0.2) is 41.1 Å². The highest BCUT2D eigenvalue weighted by Crippen LogP contribution is 2.45. The fraction of sp³-hybridized carbons (Fsp3) is 0.243. The highest BCUT2D eigenvalue weighted by atomic mass is 19.4. The molecule has 0 bridgehead atoms. The Morgan fingerprint density at radius 1 is 0.923 bits per heavy atom. The van der Waals surface area contributed by atoms with Crippen molar-refractivity contribution in [1.82, 2.24) is 19.6 Å². The molecular formula is C37H30F3N7O5. The number of hydrazone groups is 1. The molecule has 0 saturated heterocycles. The minimum absolute atomic E-state index is 0.0613. The number of nitro benzene ring substituents is 2. The van der Waals surface area contributed by atoms with Gasteiger partial charge in [0, 0.05) is 41.8 Å². The van der Waals surface area contributed by atoms with E-state index in [0.717, 1.165) is 17.2 Å². The van der Waals surface area contributed by atoms with Crippen LogP contribution in [0.4, 0.5) is 24.5 Å². The Balaban J connectivity index is 1.31. The average Bonchev–Trinajstić information content (AvgIpc) is 3.74. The van der Waals surface area contributed by atoms with Gasteiger partial charge in [0.2, 0.25) is 0 Å². The Kier molecular flexibility index (Phi) is 8.64. The van der Waals surface area contributed by atoms with Gasteiger partial charge in [-0.25, -0.2) is 14.5 Å². The van der Waals surface area contributed by atoms with Crippen LogP contribution in [0.5, 0.6) is 0 Å². The first-order valence-corrected chi connectivity index (χ1v) is 16.5. The fourth-order valence-electron chi connectivity index (χ4n) is 6.77. The Morgan fingerprint density at radius 3 is 2.15 bits per heavy atom. The predicted octanol–water partition coefficient (Wildman–Crippen LogP) is 8.79. The van der Waals surface area contributed by atoms with Crippen LogP contribution in [0.15, 0.2) is 95.6 Å². The van der Waals surface area contributed by atoms with Gasteiger partial charge in [-0.2, -0.15) is 23.4 Å². The lowest BCUT2D eigenvalue weighted by atomic mass is 9.77. The monoisotopic (exact) mass is 709 g/mol. The molecule has 3 heterocycles. The van der Waals surface area contributed by atoms with Gasteiger partial charge in [0.15, 0.2) is 17.0 Å². The first-order chi connectivity index (χ1) is 24.8. The molecule has 5 aromatic rings. The number of nitro groups is 2. The first kappa shape index (κ1) is 34.2. The molecular weight excluding hydrogens is 679 g/mol. The van der Waals surface area contributed by atoms with E-state index in [4.69, 9.17) is 5.10 Å². The molecule has 12 nitrogen and oxygen atoms in total. The van der Waals surface area contributed by atoms with E-state index < -0.39 is 33.7 Å². The molecule has 2 aliphatic rings. The number of hydrogen-bond acceptors (Lipinski definition) is 8. The number of carbonyl (C=O) groups is 1. The zero-order valence-electron chi connectivity index (χ0n) is 27.8. The molecule has 1 aliphatic carbocycles. The molecule has 0 spiro atoms. The number of amides is 1. The summed E-state index contributed by atoms with van der Waals surface area (Å²) in [5.41, 5.74) is 2.30. The predicted molar refractivity (Wildman–Crippen MR) is 185 cm³/mol. The largest absolute Gasteiger partial charge is 0.433 e. The molecule has 2 atom stereocenters. The summed E-state index contributed by atoms with van der Waals surface area (Å²) >= 11 is 0. The van der Waals surface area contributed by atoms with Crippen molar-refractivity contribution in [3.05, 3.63) is 139 Å². The van der Waals surface area contributed by atoms with E-state index in [9.17, 15) is 38.2 Å². The zero-order valence-corrected chi connectivity index (χ0v) is 27.8. The summed E-state index contributed by atoms with van der Waals surface area (Å²) in [4.78, 5) is 40.3. The molecule has 1 amide bonds. The molecule has 1 saturated carbocycles. The number of allylic oxidation sites excluding steroid dienone is 1. The Morgan fingerprint density at radius 2 is 1.56 bits per heavy atom. The van der Waals surface area contributed by atoms with E-state index in [2.05, 4.69) is 10.1 Å². The molecule has 2 aromatic heterocycles. The lowest BCUT2D eigenvalue weighted by molar-refractivity contribution is -0.385. The van der Waals surface area contributed by atoms with Crippen LogP contribution in [-0.2, 0) is 6.18 Å². The second-order valence-corrected chi connectivity index (χ2v) is 13.0. The molecule has 0 N–H and O–H groups in total. The Hall–Kier alpha value is -6.25. The quantitative estimate of drug-likeness (QED) is 0.121. The molecule has 15 heteroatoms. The second kappa shape index (κ2) is 13.1. The molecule has 52 heavy (non-hydrogen) atoms. The minimum atomic E-state index is -4.83. The number of alkyl halides is 3. The molecule has 1 fully saturated rings. The molecule has 264 valence electrons. The van der Waals surface area contributed by atoms with Gasteiger partial charge in [0.05, 0.1) is 27.3 Å². The standard InChI is InChI=1S/C37H30F3N7O5/c1-21(2)23-8-10-24(11-9-23)30-19-32(37(38,39)40)44-33(41-30)20-31(42-44)36(48)45-35(25-12-16-28(17-13-25)47(51)52)29-5-3-4-26(34(29)43-45)18-22-6-14-27(15-7-22)46(49)50/h6-21,29,35H,3-5H2,1-2H3/b26-18-. The molecule has 3 aromatic carbocycles. The summed E-state index contributed by atoms with van der Waals surface area (Å²) in [6, 6.07) is 20.1. The third kappa shape index (κ3) is 6.40. The third-order valence-electron chi connectivity index (χ3n) is 9.41. The highest BCUT2D eigenvalue weighted by Gasteiger charge is 2.45. The normalized spacial score (nSPS) is 18.2. The van der Waals surface area contributed by atoms with Crippen LogP contribution < -0.4 is 0 Å². The number of carbonyl (C=O) groups excluding carboxylic acids is 1. The van der Waals surface area contributed by atoms with Crippen LogP contribution >= 0.6 is 0 Å². The van der Waals surface area contributed by atoms with Gasteiger partial charge >= 0.3 is 6.18 Å². The summed E-state index contributed by atoms with van der Waals surface area (Å²) in [6.45, 7) is 4.02. The number of non-ortho nitro benzene ring substituents is 2. The van der Waals surface area contributed by atoms with Crippen LogP contribution in [0, 0.1) is 26.1 Å². The maximum absolute atomic E-state index is 14.5. The van der Waals surface area contributed by atoms with Crippen molar-refractivity contribution in [2.24, 2.45) is 11.0 Å². The minimum Gasteiger partial charge on any atom is -0.265 e. The number of rotatable bonds is 7. The van der Waals surface area contributed by atoms with Crippen molar-refractivity contribution in [3.63, 3.8) is 0 Å². The number of halogens is 3. The van der Waals surface area contributed by atoms with E-state index in [-0.39, 0.29) is 40.2 Å². The summed E-state index contributed by atoms with van der Waals surface area (Å²) in [5, 5.41) is 32.6. The van der Waals surface area contributed by atoms with Gasteiger partial charge in [0.25, 0.3) is 17.3 Å². The number of benzene rings is 3. The fourth-order valence-corrected chi connectivity index (χ4v) is 6.77. The van der Waals surface area contributed by atoms with E-state index in [1.54, 1.807) is 36.4 Å². The van der Waals surface area contributed by atoms with Gasteiger partial charge in [-0.05, 0) is 71.7 Å². The Labute approximate surface area is 294 Å². The smallest absolute Gasteiger partial charge is 0.265 e. The SMILES string of the molecule is CC(C)c1ccc(-c2cc(C(F)(F)F)n3nc(C(=O)N4N=C5/C(=C\c6ccc([N+](=O)[O-])cc6)CCCC5C4c4ccc([N+](=O)[O-])cc4)cc3n2)cc1. The van der Waals surface area contributed by atoms with Crippen molar-refractivity contribution in [1.29, 1.82) is 0 Å². The number of hydrogen-bond donors (Lipinski definition) is 0. The molecule has 1 aliphatic heterocycles. The van der Waals surface area contributed by atoms with E-state index in [1.807, 2.05) is 32.1 Å². The third-order valence-corrected chi connectivity index (χ3v) is 9.41. The van der Waals surface area contributed by atoms with E-state index >= 15 is 0 Å². The Bertz CT molecular complexity index is 2280. The van der Waals surface area contributed by atoms with Crippen LogP contribution in [0.2, 0.25) is 0 Å². The number of nitrogens with zero attached hydrogens (tertiary/aromatic N) is 7. The van der Waals surface area contributed by atoms with Crippen molar-refractivity contribution < 1.29 is 27.8 Å². The molecule has 0 radical (unpaired) electrons. The van der Waals surface area contributed by atoms with Crippen molar-refractivity contribution >= 4 is 34.7 Å². The van der Waals surface area contributed by atoms with Gasteiger partial charge in [-0.15, -0.1) is 0 Å². The van der Waals surface area contributed by atoms with Crippen LogP contribution in [0.1, 0.15) is 77.9 Å². The first-order valence-electron chi connectivity index (χ1n) is 16.5. The highest BCUT2D eigenvalue weighted by molar-refractivity contribution is 6.09. The average molecular weight is 710 g/mol. The maximum atomic E-state index is 14.5. The summed E-state index contributed by atoms with van der Waals surface area (Å²) in [5.74, 6) is -0.911. The summed E-state index contributed by atoms with van der Waals surface area (Å²) < 4.78 is 44.0. The van der Waals surface area contributed by atoms with Crippen LogP contribution in [0.25, 0.3) is 23.0 Å². The van der Waals surface area contributed by atoms with Gasteiger partial charge in [-0.3, -0.25) is 25.0 Å². The molecule has 7 rings (SSSR count). The number of aromatic nitrogens is 3. The lowest BCUT2D eigenvalue weighted by Crippen LogP contribution is -2.32. The van der Waals surface area contributed by atoms with Gasteiger partial charge in [0.1, 0.15) is 0 Å². The molecule has 2 unspecified atom stereocenters. The van der Waals surface area contributed by atoms with E-state index in [1.165, 1.54) is 35.3 Å². The van der Waals surface area contributed by atoms with Gasteiger partial charge in [-0.1, -0.05) is 50.2 Å². The van der Waals surface area contributed by atoms with Crippen LogP contribution in [0.3, 0.4) is 0 Å². The topological polar surface area (TPSA) is 149 Å². The number of fused-ring (bicyclic) bond motifs is 2. The maximum Gasteiger partial charge on any atom is 0.433 e. The van der Waals surface area contributed by atoms with E-state index in [0.29, 0.717) is 46.2 Å². The lowest BCUT2D eigenvalue weighted by Gasteiger charge is -2.29. The van der Waals surface area contributed by atoms with Gasteiger partial charge < -0.3 is 0 Å². The van der Waals surface area contributed by atoms with Crippen molar-refractivity contribution in [2.75, 3.05) is 0 Å².